The van der Waals surface area contributed by atoms with Crippen LogP contribution in [0.25, 0.3) is 11.1 Å². The van der Waals surface area contributed by atoms with Crippen LogP contribution in [-0.2, 0) is 0 Å². The lowest BCUT2D eigenvalue weighted by atomic mass is 10.1. The van der Waals surface area contributed by atoms with Gasteiger partial charge >= 0.3 is 0 Å². The fourth-order valence-electron chi connectivity index (χ4n) is 1.41. The van der Waals surface area contributed by atoms with Gasteiger partial charge < -0.3 is 10.5 Å². The SMILES string of the molecule is COc1ccc(-c2cnc(Cl)c(N)c2)cc1. The first-order valence-corrected chi connectivity index (χ1v) is 5.14. The summed E-state index contributed by atoms with van der Waals surface area (Å²) in [4.78, 5) is 4.01. The number of nitrogens with two attached hydrogens (primary N) is 1. The van der Waals surface area contributed by atoms with Crippen LogP contribution in [0.15, 0.2) is 36.5 Å². The summed E-state index contributed by atoms with van der Waals surface area (Å²) < 4.78 is 5.09. The third-order valence-electron chi connectivity index (χ3n) is 2.29. The average Bonchev–Trinajstić information content (AvgIpc) is 2.33. The molecule has 2 aromatic rings. The van der Waals surface area contributed by atoms with Crippen molar-refractivity contribution in [3.05, 3.63) is 41.7 Å². The number of halogens is 1. The standard InChI is InChI=1S/C12H11ClN2O/c1-16-10-4-2-8(3-5-10)9-6-11(14)12(13)15-7-9/h2-7H,14H2,1H3. The van der Waals surface area contributed by atoms with Crippen molar-refractivity contribution in [2.75, 3.05) is 12.8 Å². The van der Waals surface area contributed by atoms with E-state index in [1.165, 1.54) is 0 Å². The van der Waals surface area contributed by atoms with E-state index in [2.05, 4.69) is 4.98 Å². The molecule has 2 rings (SSSR count). The molecule has 0 amide bonds. The molecule has 0 aliphatic rings. The van der Waals surface area contributed by atoms with Crippen LogP contribution in [0.1, 0.15) is 0 Å². The predicted molar refractivity (Wildman–Crippen MR) is 65.6 cm³/mol. The van der Waals surface area contributed by atoms with Crippen molar-refractivity contribution >= 4 is 17.3 Å². The van der Waals surface area contributed by atoms with Gasteiger partial charge in [-0.05, 0) is 23.8 Å². The average molecular weight is 235 g/mol. The van der Waals surface area contributed by atoms with E-state index in [0.29, 0.717) is 10.8 Å². The molecule has 0 radical (unpaired) electrons. The number of methoxy groups -OCH3 is 1. The first-order chi connectivity index (χ1) is 7.70. The zero-order valence-electron chi connectivity index (χ0n) is 8.77. The minimum absolute atomic E-state index is 0.331. The molecule has 4 heteroatoms. The van der Waals surface area contributed by atoms with Crippen molar-refractivity contribution in [1.29, 1.82) is 0 Å². The van der Waals surface area contributed by atoms with E-state index in [9.17, 15) is 0 Å². The van der Waals surface area contributed by atoms with Gasteiger partial charge in [-0.25, -0.2) is 4.98 Å². The van der Waals surface area contributed by atoms with Crippen LogP contribution in [0, 0.1) is 0 Å². The highest BCUT2D eigenvalue weighted by atomic mass is 35.5. The summed E-state index contributed by atoms with van der Waals surface area (Å²) in [6, 6.07) is 9.48. The summed E-state index contributed by atoms with van der Waals surface area (Å²) in [6.45, 7) is 0. The second kappa shape index (κ2) is 4.41. The van der Waals surface area contributed by atoms with Crippen molar-refractivity contribution in [3.63, 3.8) is 0 Å². The third kappa shape index (κ3) is 2.09. The molecule has 0 spiro atoms. The first kappa shape index (κ1) is 10.8. The molecule has 0 fully saturated rings. The Hall–Kier alpha value is -1.74. The quantitative estimate of drug-likeness (QED) is 0.813. The van der Waals surface area contributed by atoms with E-state index < -0.39 is 0 Å². The minimum Gasteiger partial charge on any atom is -0.497 e. The maximum absolute atomic E-state index is 5.76. The summed E-state index contributed by atoms with van der Waals surface area (Å²) in [5.41, 5.74) is 8.14. The molecule has 0 aliphatic heterocycles. The van der Waals surface area contributed by atoms with E-state index in [1.54, 1.807) is 19.4 Å². The predicted octanol–water partition coefficient (Wildman–Crippen LogP) is 2.99. The number of anilines is 1. The van der Waals surface area contributed by atoms with E-state index in [-0.39, 0.29) is 0 Å². The molecule has 2 N–H and O–H groups in total. The Morgan fingerprint density at radius 2 is 1.88 bits per heavy atom. The van der Waals surface area contributed by atoms with Gasteiger partial charge in [0, 0.05) is 11.8 Å². The van der Waals surface area contributed by atoms with Crippen molar-refractivity contribution < 1.29 is 4.74 Å². The maximum Gasteiger partial charge on any atom is 0.151 e. The van der Waals surface area contributed by atoms with Crippen LogP contribution in [0.2, 0.25) is 5.15 Å². The Bertz CT molecular complexity index is 497. The van der Waals surface area contributed by atoms with Crippen molar-refractivity contribution in [2.45, 2.75) is 0 Å². The number of pyridine rings is 1. The normalized spacial score (nSPS) is 10.1. The molecule has 0 saturated carbocycles. The van der Waals surface area contributed by atoms with Gasteiger partial charge in [0.15, 0.2) is 5.15 Å². The summed E-state index contributed by atoms with van der Waals surface area (Å²) in [7, 11) is 1.64. The molecule has 1 aromatic heterocycles. The molecule has 1 heterocycles. The molecule has 1 aromatic carbocycles. The van der Waals surface area contributed by atoms with Gasteiger partial charge in [0.1, 0.15) is 5.75 Å². The fourth-order valence-corrected chi connectivity index (χ4v) is 1.51. The van der Waals surface area contributed by atoms with E-state index >= 15 is 0 Å². The van der Waals surface area contributed by atoms with Gasteiger partial charge in [0.2, 0.25) is 0 Å². The molecule has 16 heavy (non-hydrogen) atoms. The van der Waals surface area contributed by atoms with Crippen molar-refractivity contribution in [2.24, 2.45) is 0 Å². The van der Waals surface area contributed by atoms with Crippen LogP contribution in [-0.4, -0.2) is 12.1 Å². The second-order valence-electron chi connectivity index (χ2n) is 3.33. The molecular weight excluding hydrogens is 224 g/mol. The minimum atomic E-state index is 0.331. The molecule has 0 atom stereocenters. The number of rotatable bonds is 2. The lowest BCUT2D eigenvalue weighted by Gasteiger charge is -2.05. The fraction of sp³-hybridized carbons (Fsp3) is 0.0833. The number of nitrogen functional groups attached to an aromatic ring is 1. The Morgan fingerprint density at radius 3 is 2.44 bits per heavy atom. The van der Waals surface area contributed by atoms with E-state index in [4.69, 9.17) is 22.1 Å². The van der Waals surface area contributed by atoms with Gasteiger partial charge in [-0.15, -0.1) is 0 Å². The van der Waals surface area contributed by atoms with Crippen molar-refractivity contribution in [1.82, 2.24) is 4.98 Å². The Morgan fingerprint density at radius 1 is 1.19 bits per heavy atom. The van der Waals surface area contributed by atoms with Crippen molar-refractivity contribution in [3.8, 4) is 16.9 Å². The highest BCUT2D eigenvalue weighted by Gasteiger charge is 2.02. The van der Waals surface area contributed by atoms with Gasteiger partial charge in [0.05, 0.1) is 12.8 Å². The lowest BCUT2D eigenvalue weighted by Crippen LogP contribution is -1.90. The maximum atomic E-state index is 5.76. The summed E-state index contributed by atoms with van der Waals surface area (Å²) in [5.74, 6) is 0.818. The molecule has 0 bridgehead atoms. The molecule has 0 saturated heterocycles. The number of benzene rings is 1. The van der Waals surface area contributed by atoms with Gasteiger partial charge in [-0.1, -0.05) is 23.7 Å². The molecule has 3 nitrogen and oxygen atoms in total. The van der Waals surface area contributed by atoms with Crippen LogP contribution in [0.3, 0.4) is 0 Å². The van der Waals surface area contributed by atoms with E-state index in [0.717, 1.165) is 16.9 Å². The monoisotopic (exact) mass is 234 g/mol. The third-order valence-corrected chi connectivity index (χ3v) is 2.61. The highest BCUT2D eigenvalue weighted by molar-refractivity contribution is 6.31. The molecular formula is C12H11ClN2O. The van der Waals surface area contributed by atoms with Crippen LogP contribution < -0.4 is 10.5 Å². The first-order valence-electron chi connectivity index (χ1n) is 4.76. The number of nitrogens with zero attached hydrogens (tertiary/aromatic N) is 1. The number of hydrogen-bond acceptors (Lipinski definition) is 3. The summed E-state index contributed by atoms with van der Waals surface area (Å²) in [5, 5.41) is 0.331. The molecule has 0 aliphatic carbocycles. The topological polar surface area (TPSA) is 48.1 Å². The summed E-state index contributed by atoms with van der Waals surface area (Å²) >= 11 is 5.76. The number of ether oxygens (including phenoxy) is 1. The Labute approximate surface area is 98.8 Å². The van der Waals surface area contributed by atoms with Gasteiger partial charge in [-0.2, -0.15) is 0 Å². The largest absolute Gasteiger partial charge is 0.497 e. The second-order valence-corrected chi connectivity index (χ2v) is 3.69. The van der Waals surface area contributed by atoms with Crippen LogP contribution >= 0.6 is 11.6 Å². The zero-order chi connectivity index (χ0) is 11.5. The smallest absolute Gasteiger partial charge is 0.151 e. The van der Waals surface area contributed by atoms with Gasteiger partial charge in [-0.3, -0.25) is 0 Å². The molecule has 0 unspecified atom stereocenters. The zero-order valence-corrected chi connectivity index (χ0v) is 9.53. The lowest BCUT2D eigenvalue weighted by molar-refractivity contribution is 0.415. The molecule has 82 valence electrons. The Balaban J connectivity index is 2.38. The van der Waals surface area contributed by atoms with Crippen LogP contribution in [0.4, 0.5) is 5.69 Å². The van der Waals surface area contributed by atoms with Gasteiger partial charge in [0.25, 0.3) is 0 Å². The van der Waals surface area contributed by atoms with Crippen LogP contribution in [0.5, 0.6) is 5.75 Å². The van der Waals surface area contributed by atoms with E-state index in [1.807, 2.05) is 24.3 Å². The number of aromatic nitrogens is 1. The number of hydrogen-bond donors (Lipinski definition) is 1. The summed E-state index contributed by atoms with van der Waals surface area (Å²) in [6.07, 6.45) is 1.69. The highest BCUT2D eigenvalue weighted by Crippen LogP contribution is 2.25. The Kier molecular flexibility index (Phi) is 2.97.